The lowest BCUT2D eigenvalue weighted by Gasteiger charge is -2.20. The molecule has 0 unspecified atom stereocenters. The van der Waals surface area contributed by atoms with E-state index in [1.54, 1.807) is 6.08 Å². The van der Waals surface area contributed by atoms with Gasteiger partial charge in [0.1, 0.15) is 29.8 Å². The quantitative estimate of drug-likeness (QED) is 0.460. The monoisotopic (exact) mass is 462 g/mol. The molecule has 2 heterocycles. The number of thioether (sulfide) groups is 1. The zero-order valence-electron chi connectivity index (χ0n) is 19.1. The van der Waals surface area contributed by atoms with Crippen molar-refractivity contribution < 1.29 is 14.3 Å². The van der Waals surface area contributed by atoms with Gasteiger partial charge in [0.2, 0.25) is 5.17 Å². The Kier molecular flexibility index (Phi) is 6.65. The Bertz CT molecular complexity index is 1200. The van der Waals surface area contributed by atoms with E-state index in [0.29, 0.717) is 24.1 Å². The van der Waals surface area contributed by atoms with Gasteiger partial charge in [-0.25, -0.2) is 0 Å². The van der Waals surface area contributed by atoms with E-state index in [4.69, 9.17) is 14.9 Å². The third-order valence-corrected chi connectivity index (χ3v) is 6.28. The largest absolute Gasteiger partial charge is 0.490 e. The van der Waals surface area contributed by atoms with Crippen LogP contribution in [0.2, 0.25) is 0 Å². The molecule has 0 bridgehead atoms. The lowest BCUT2D eigenvalue weighted by molar-refractivity contribution is -0.114. The molecule has 0 fully saturated rings. The number of rotatable bonds is 7. The van der Waals surface area contributed by atoms with E-state index in [-0.39, 0.29) is 17.3 Å². The number of aryl methyl sites for hydroxylation is 2. The molecule has 33 heavy (non-hydrogen) atoms. The van der Waals surface area contributed by atoms with Crippen LogP contribution in [0.4, 0.5) is 0 Å². The van der Waals surface area contributed by atoms with Crippen molar-refractivity contribution in [3.63, 3.8) is 0 Å². The maximum Gasteiger partial charge on any atom is 0.283 e. The average Bonchev–Trinajstić information content (AvgIpc) is 3.20. The van der Waals surface area contributed by atoms with Gasteiger partial charge in [-0.3, -0.25) is 10.2 Å². The van der Waals surface area contributed by atoms with Gasteiger partial charge in [0.25, 0.3) is 5.91 Å². The van der Waals surface area contributed by atoms with Crippen LogP contribution in [0.5, 0.6) is 11.5 Å². The van der Waals surface area contributed by atoms with E-state index < -0.39 is 5.91 Å². The molecule has 0 saturated heterocycles. The summed E-state index contributed by atoms with van der Waals surface area (Å²) in [7, 11) is 0. The molecular weight excluding hydrogens is 436 g/mol. The van der Waals surface area contributed by atoms with Crippen LogP contribution in [0.3, 0.4) is 0 Å². The molecule has 0 spiro atoms. The second-order valence-electron chi connectivity index (χ2n) is 8.15. The Labute approximate surface area is 197 Å². The van der Waals surface area contributed by atoms with E-state index in [2.05, 4.69) is 23.1 Å². The third-order valence-electron chi connectivity index (χ3n) is 5.07. The van der Waals surface area contributed by atoms with Crippen LogP contribution in [-0.2, 0) is 4.79 Å². The minimum atomic E-state index is -0.438. The molecule has 170 valence electrons. The number of benzene rings is 2. The summed E-state index contributed by atoms with van der Waals surface area (Å²) < 4.78 is 11.6. The summed E-state index contributed by atoms with van der Waals surface area (Å²) in [6.07, 6.45) is 1.65. The highest BCUT2D eigenvalue weighted by molar-refractivity contribution is 8.27. The molecule has 1 amide bonds. The Balaban J connectivity index is 1.41. The van der Waals surface area contributed by atoms with Gasteiger partial charge in [0, 0.05) is 5.92 Å². The number of amides is 1. The predicted molar refractivity (Wildman–Crippen MR) is 133 cm³/mol. The van der Waals surface area contributed by atoms with Crippen LogP contribution in [0.25, 0.3) is 6.08 Å². The third kappa shape index (κ3) is 5.17. The fourth-order valence-electron chi connectivity index (χ4n) is 3.37. The van der Waals surface area contributed by atoms with Gasteiger partial charge >= 0.3 is 0 Å². The van der Waals surface area contributed by atoms with Gasteiger partial charge in [-0.2, -0.15) is 15.1 Å². The Morgan fingerprint density at radius 3 is 2.67 bits per heavy atom. The fraction of sp³-hybridized carbons (Fsp3) is 0.280. The van der Waals surface area contributed by atoms with Gasteiger partial charge in [-0.1, -0.05) is 43.7 Å². The number of carbonyl (C=O) groups is 1. The van der Waals surface area contributed by atoms with E-state index in [1.165, 1.54) is 22.3 Å². The molecule has 8 heteroatoms. The number of hydrogen-bond acceptors (Lipinski definition) is 6. The van der Waals surface area contributed by atoms with Crippen LogP contribution in [0.15, 0.2) is 58.1 Å². The Hall–Kier alpha value is -3.39. The van der Waals surface area contributed by atoms with Crippen molar-refractivity contribution in [3.05, 3.63) is 64.7 Å². The lowest BCUT2D eigenvalue weighted by atomic mass is 10.1. The number of fused-ring (bicyclic) bond motifs is 1. The molecule has 0 radical (unpaired) electrons. The van der Waals surface area contributed by atoms with E-state index in [9.17, 15) is 4.79 Å². The second kappa shape index (κ2) is 9.62. The molecular formula is C25H26N4O3S. The number of hydrogen-bond donors (Lipinski definition) is 1. The normalized spacial score (nSPS) is 16.8. The molecule has 2 aliphatic heterocycles. The molecule has 1 N–H and O–H groups in total. The topological polar surface area (TPSA) is 87.3 Å². The number of hydrazone groups is 1. The van der Waals surface area contributed by atoms with Gasteiger partial charge in [-0.05, 0) is 61.0 Å². The standard InChI is InChI=1S/C25H26N4O3S/c1-15(2)24-28-29-22(26)20(23(30)27-25(29)33-24)14-18-6-5-7-19(13-18)31-10-11-32-21-9-8-16(3)12-17(21)4/h5-9,12-15,26H,10-11H2,1-4H3/b20-14-,26-22?. The van der Waals surface area contributed by atoms with E-state index >= 15 is 0 Å². The van der Waals surface area contributed by atoms with Crippen molar-refractivity contribution in [2.75, 3.05) is 13.2 Å². The van der Waals surface area contributed by atoms with Crippen molar-refractivity contribution in [2.45, 2.75) is 27.7 Å². The van der Waals surface area contributed by atoms with Gasteiger partial charge in [0.15, 0.2) is 5.84 Å². The molecule has 2 aromatic rings. The molecule has 4 rings (SSSR count). The second-order valence-corrected chi connectivity index (χ2v) is 9.14. The first kappa shape index (κ1) is 22.8. The summed E-state index contributed by atoms with van der Waals surface area (Å²) >= 11 is 1.34. The zero-order valence-corrected chi connectivity index (χ0v) is 19.9. The molecule has 0 atom stereocenters. The first-order valence-electron chi connectivity index (χ1n) is 10.7. The van der Waals surface area contributed by atoms with Crippen LogP contribution in [-0.4, -0.2) is 40.2 Å². The van der Waals surface area contributed by atoms with Crippen molar-refractivity contribution >= 4 is 39.8 Å². The molecule has 2 aromatic carbocycles. The number of amidine groups is 2. The minimum absolute atomic E-state index is 0.0290. The number of aliphatic imine (C=N–C) groups is 1. The number of ether oxygens (including phenoxy) is 2. The number of nitrogens with zero attached hydrogens (tertiary/aromatic N) is 3. The van der Waals surface area contributed by atoms with Gasteiger partial charge in [-0.15, -0.1) is 0 Å². The molecule has 0 aromatic heterocycles. The van der Waals surface area contributed by atoms with Crippen LogP contribution in [0.1, 0.15) is 30.5 Å². The minimum Gasteiger partial charge on any atom is -0.490 e. The predicted octanol–water partition coefficient (Wildman–Crippen LogP) is 5.04. The zero-order chi connectivity index (χ0) is 23.5. The van der Waals surface area contributed by atoms with Gasteiger partial charge < -0.3 is 9.47 Å². The van der Waals surface area contributed by atoms with E-state index in [1.807, 2.05) is 57.2 Å². The molecule has 2 aliphatic rings. The van der Waals surface area contributed by atoms with Crippen LogP contribution in [0, 0.1) is 25.2 Å². The summed E-state index contributed by atoms with van der Waals surface area (Å²) in [6, 6.07) is 13.4. The average molecular weight is 463 g/mol. The first-order chi connectivity index (χ1) is 15.8. The molecule has 0 aliphatic carbocycles. The van der Waals surface area contributed by atoms with Crippen molar-refractivity contribution in [1.29, 1.82) is 5.41 Å². The number of carbonyl (C=O) groups excluding carboxylic acids is 1. The van der Waals surface area contributed by atoms with Crippen LogP contribution >= 0.6 is 11.8 Å². The van der Waals surface area contributed by atoms with Crippen molar-refractivity contribution in [3.8, 4) is 11.5 Å². The SMILES string of the molecule is Cc1ccc(OCCOc2cccc(/C=C3/C(=N)N4N=C(C(C)C)SC4=NC3=O)c2)c(C)c1. The summed E-state index contributed by atoms with van der Waals surface area (Å²) in [5.41, 5.74) is 3.23. The first-order valence-corrected chi connectivity index (χ1v) is 11.6. The van der Waals surface area contributed by atoms with Crippen molar-refractivity contribution in [1.82, 2.24) is 5.01 Å². The highest BCUT2D eigenvalue weighted by Crippen LogP contribution is 2.31. The summed E-state index contributed by atoms with van der Waals surface area (Å²) in [5, 5.41) is 15.6. The fourth-order valence-corrected chi connectivity index (χ4v) is 4.27. The highest BCUT2D eigenvalue weighted by Gasteiger charge is 2.36. The Morgan fingerprint density at radius 1 is 1.12 bits per heavy atom. The highest BCUT2D eigenvalue weighted by atomic mass is 32.2. The summed E-state index contributed by atoms with van der Waals surface area (Å²) in [6.45, 7) is 8.91. The van der Waals surface area contributed by atoms with Gasteiger partial charge in [0.05, 0.1) is 5.57 Å². The lowest BCUT2D eigenvalue weighted by Crippen LogP contribution is -2.35. The molecule has 7 nitrogen and oxygen atoms in total. The smallest absolute Gasteiger partial charge is 0.283 e. The Morgan fingerprint density at radius 2 is 1.91 bits per heavy atom. The van der Waals surface area contributed by atoms with Crippen LogP contribution < -0.4 is 9.47 Å². The van der Waals surface area contributed by atoms with E-state index in [0.717, 1.165) is 21.9 Å². The summed E-state index contributed by atoms with van der Waals surface area (Å²) in [4.78, 5) is 16.7. The number of nitrogens with one attached hydrogen (secondary N) is 1. The van der Waals surface area contributed by atoms with Crippen molar-refractivity contribution in [2.24, 2.45) is 16.0 Å². The maximum absolute atomic E-state index is 12.6. The molecule has 0 saturated carbocycles. The summed E-state index contributed by atoms with van der Waals surface area (Å²) in [5.74, 6) is 1.30. The maximum atomic E-state index is 12.6.